The molecule has 1 fully saturated rings. The predicted molar refractivity (Wildman–Crippen MR) is 90.8 cm³/mol. The van der Waals surface area contributed by atoms with Gasteiger partial charge in [0.1, 0.15) is 11.6 Å². The van der Waals surface area contributed by atoms with Gasteiger partial charge in [-0.05, 0) is 55.6 Å². The van der Waals surface area contributed by atoms with Crippen molar-refractivity contribution in [2.75, 3.05) is 0 Å². The fourth-order valence-electron chi connectivity index (χ4n) is 3.40. The number of alkyl halides is 2. The van der Waals surface area contributed by atoms with Crippen molar-refractivity contribution in [1.29, 1.82) is 0 Å². The number of benzene rings is 1. The highest BCUT2D eigenvalue weighted by Crippen LogP contribution is 2.33. The monoisotopic (exact) mass is 340 g/mol. The van der Waals surface area contributed by atoms with E-state index in [2.05, 4.69) is 11.7 Å². The predicted octanol–water partition coefficient (Wildman–Crippen LogP) is 6.52. The fourth-order valence-corrected chi connectivity index (χ4v) is 3.40. The molecule has 1 nitrogen and oxygen atoms in total. The molecule has 1 saturated carbocycles. The lowest BCUT2D eigenvalue weighted by Gasteiger charge is -2.26. The first-order chi connectivity index (χ1) is 11.4. The molecule has 0 amide bonds. The standard InChI is InChI=1S/C20H27F3O/c1-3-5-15-6-8-16(9-7-15)12-13-20(22,23)24-18-11-10-17(4-2)19(21)14-18/h10-16H,3-9H2,1-2H3. The molecule has 4 heteroatoms. The minimum atomic E-state index is -3.42. The highest BCUT2D eigenvalue weighted by atomic mass is 19.3. The Morgan fingerprint density at radius 2 is 1.88 bits per heavy atom. The summed E-state index contributed by atoms with van der Waals surface area (Å²) in [5.74, 6) is 0.276. The van der Waals surface area contributed by atoms with Crippen molar-refractivity contribution in [1.82, 2.24) is 0 Å². The van der Waals surface area contributed by atoms with E-state index >= 15 is 0 Å². The van der Waals surface area contributed by atoms with Gasteiger partial charge < -0.3 is 4.74 Å². The maximum Gasteiger partial charge on any atom is 0.419 e. The Kier molecular flexibility index (Phi) is 6.76. The zero-order valence-electron chi connectivity index (χ0n) is 14.5. The number of rotatable bonds is 7. The van der Waals surface area contributed by atoms with Gasteiger partial charge in [-0.3, -0.25) is 0 Å². The summed E-state index contributed by atoms with van der Waals surface area (Å²) < 4.78 is 46.2. The van der Waals surface area contributed by atoms with Crippen molar-refractivity contribution in [2.24, 2.45) is 11.8 Å². The van der Waals surface area contributed by atoms with Crippen LogP contribution >= 0.6 is 0 Å². The van der Waals surface area contributed by atoms with Gasteiger partial charge in [0.2, 0.25) is 0 Å². The topological polar surface area (TPSA) is 9.23 Å². The van der Waals surface area contributed by atoms with Crippen LogP contribution in [0, 0.1) is 17.7 Å². The van der Waals surface area contributed by atoms with Gasteiger partial charge in [-0.15, -0.1) is 0 Å². The Morgan fingerprint density at radius 3 is 2.46 bits per heavy atom. The van der Waals surface area contributed by atoms with E-state index in [0.29, 0.717) is 12.0 Å². The van der Waals surface area contributed by atoms with Crippen molar-refractivity contribution in [2.45, 2.75) is 64.9 Å². The second-order valence-corrected chi connectivity index (χ2v) is 6.70. The van der Waals surface area contributed by atoms with Crippen LogP contribution < -0.4 is 4.74 Å². The first kappa shape index (κ1) is 18.9. The molecule has 0 saturated heterocycles. The lowest BCUT2D eigenvalue weighted by Crippen LogP contribution is -2.22. The molecule has 0 bridgehead atoms. The van der Waals surface area contributed by atoms with Gasteiger partial charge in [-0.1, -0.05) is 38.8 Å². The molecule has 0 aromatic heterocycles. The third kappa shape index (κ3) is 5.57. The number of hydrogen-bond donors (Lipinski definition) is 0. The molecule has 1 aromatic rings. The van der Waals surface area contributed by atoms with Crippen LogP contribution in [0.2, 0.25) is 0 Å². The molecule has 1 aliphatic carbocycles. The van der Waals surface area contributed by atoms with Crippen molar-refractivity contribution >= 4 is 0 Å². The van der Waals surface area contributed by atoms with Crippen LogP contribution in [0.1, 0.15) is 57.9 Å². The van der Waals surface area contributed by atoms with E-state index in [4.69, 9.17) is 0 Å². The second kappa shape index (κ2) is 8.59. The molecule has 0 unspecified atom stereocenters. The molecule has 2 rings (SSSR count). The summed E-state index contributed by atoms with van der Waals surface area (Å²) in [4.78, 5) is 0. The lowest BCUT2D eigenvalue weighted by molar-refractivity contribution is -0.132. The second-order valence-electron chi connectivity index (χ2n) is 6.70. The summed E-state index contributed by atoms with van der Waals surface area (Å²) in [5.41, 5.74) is 0.491. The molecule has 0 N–H and O–H groups in total. The lowest BCUT2D eigenvalue weighted by atomic mass is 9.80. The third-order valence-electron chi connectivity index (χ3n) is 4.81. The average molecular weight is 340 g/mol. The molecular weight excluding hydrogens is 313 g/mol. The van der Waals surface area contributed by atoms with E-state index in [9.17, 15) is 13.2 Å². The first-order valence-electron chi connectivity index (χ1n) is 8.98. The van der Waals surface area contributed by atoms with Crippen LogP contribution in [-0.2, 0) is 6.42 Å². The van der Waals surface area contributed by atoms with Gasteiger partial charge in [-0.25, -0.2) is 4.39 Å². The van der Waals surface area contributed by atoms with Gasteiger partial charge in [0.25, 0.3) is 0 Å². The minimum Gasteiger partial charge on any atom is -0.429 e. The Balaban J connectivity index is 1.90. The highest BCUT2D eigenvalue weighted by molar-refractivity contribution is 5.29. The van der Waals surface area contributed by atoms with E-state index in [1.165, 1.54) is 25.0 Å². The number of hydrogen-bond acceptors (Lipinski definition) is 1. The van der Waals surface area contributed by atoms with Crippen molar-refractivity contribution in [3.05, 3.63) is 41.7 Å². The zero-order valence-corrected chi connectivity index (χ0v) is 14.5. The van der Waals surface area contributed by atoms with Crippen LogP contribution in [0.3, 0.4) is 0 Å². The van der Waals surface area contributed by atoms with E-state index in [1.807, 2.05) is 6.92 Å². The molecule has 24 heavy (non-hydrogen) atoms. The molecule has 1 aromatic carbocycles. The molecule has 0 atom stereocenters. The van der Waals surface area contributed by atoms with Gasteiger partial charge in [-0.2, -0.15) is 8.78 Å². The maximum atomic E-state index is 13.9. The number of halogens is 3. The zero-order chi connectivity index (χ0) is 17.6. The molecule has 0 spiro atoms. The van der Waals surface area contributed by atoms with Gasteiger partial charge in [0.05, 0.1) is 0 Å². The van der Waals surface area contributed by atoms with E-state index in [-0.39, 0.29) is 11.7 Å². The number of aryl methyl sites for hydroxylation is 1. The smallest absolute Gasteiger partial charge is 0.419 e. The Morgan fingerprint density at radius 1 is 1.17 bits per heavy atom. The average Bonchev–Trinajstić information content (AvgIpc) is 2.54. The quantitative estimate of drug-likeness (QED) is 0.513. The first-order valence-corrected chi connectivity index (χ1v) is 8.98. The van der Waals surface area contributed by atoms with Gasteiger partial charge in [0.15, 0.2) is 0 Å². The normalized spacial score (nSPS) is 22.0. The molecule has 0 aliphatic heterocycles. The van der Waals surface area contributed by atoms with Crippen molar-refractivity contribution in [3.63, 3.8) is 0 Å². The Hall–Kier alpha value is -1.45. The molecular formula is C20H27F3O. The third-order valence-corrected chi connectivity index (χ3v) is 4.81. The fraction of sp³-hybridized carbons (Fsp3) is 0.600. The van der Waals surface area contributed by atoms with Gasteiger partial charge in [0, 0.05) is 12.1 Å². The van der Waals surface area contributed by atoms with Crippen molar-refractivity contribution < 1.29 is 17.9 Å². The Bertz CT molecular complexity index is 546. The van der Waals surface area contributed by atoms with Crippen LogP contribution in [-0.4, -0.2) is 6.11 Å². The number of ether oxygens (including phenoxy) is 1. The summed E-state index contributed by atoms with van der Waals surface area (Å²) in [7, 11) is 0. The highest BCUT2D eigenvalue weighted by Gasteiger charge is 2.29. The van der Waals surface area contributed by atoms with E-state index in [1.54, 1.807) is 6.08 Å². The Labute approximate surface area is 142 Å². The molecule has 0 heterocycles. The largest absolute Gasteiger partial charge is 0.429 e. The molecule has 134 valence electrons. The molecule has 0 radical (unpaired) electrons. The molecule has 1 aliphatic rings. The summed E-state index contributed by atoms with van der Waals surface area (Å²) in [6.45, 7) is 3.99. The minimum absolute atomic E-state index is 0.147. The summed E-state index contributed by atoms with van der Waals surface area (Å²) >= 11 is 0. The van der Waals surface area contributed by atoms with Crippen LogP contribution in [0.5, 0.6) is 5.75 Å². The van der Waals surface area contributed by atoms with E-state index in [0.717, 1.165) is 43.7 Å². The summed E-state index contributed by atoms with van der Waals surface area (Å²) in [5, 5.41) is 0. The maximum absolute atomic E-state index is 13.9. The number of allylic oxidation sites excluding steroid dienone is 1. The van der Waals surface area contributed by atoms with Gasteiger partial charge >= 0.3 is 6.11 Å². The summed E-state index contributed by atoms with van der Waals surface area (Å²) in [6, 6.07) is 3.90. The van der Waals surface area contributed by atoms with Crippen LogP contribution in [0.15, 0.2) is 30.4 Å². The van der Waals surface area contributed by atoms with Crippen LogP contribution in [0.25, 0.3) is 0 Å². The summed E-state index contributed by atoms with van der Waals surface area (Å²) in [6.07, 6.45) is 6.04. The van der Waals surface area contributed by atoms with Crippen LogP contribution in [0.4, 0.5) is 13.2 Å². The van der Waals surface area contributed by atoms with E-state index < -0.39 is 11.9 Å². The van der Waals surface area contributed by atoms with Crippen molar-refractivity contribution in [3.8, 4) is 5.75 Å². The SMILES string of the molecule is CCCC1CCC(C=CC(F)(F)Oc2ccc(CC)c(F)c2)CC1.